The van der Waals surface area contributed by atoms with Crippen molar-refractivity contribution in [1.29, 1.82) is 0 Å². The molecule has 2 aromatic rings. The Kier molecular flexibility index (Phi) is 6.16. The maximum Gasteiger partial charge on any atom is 0.263 e. The van der Waals surface area contributed by atoms with E-state index in [0.29, 0.717) is 5.82 Å². The molecule has 0 saturated carbocycles. The molecule has 1 aromatic heterocycles. The zero-order valence-electron chi connectivity index (χ0n) is 13.7. The number of aromatic nitrogens is 1. The van der Waals surface area contributed by atoms with Gasteiger partial charge in [-0.3, -0.25) is 4.72 Å². The average Bonchev–Trinajstić information content (AvgIpc) is 2.55. The van der Waals surface area contributed by atoms with Crippen molar-refractivity contribution >= 4 is 15.8 Å². The number of nitrogens with one attached hydrogen (secondary N) is 1. The number of unbranched alkanes of at least 4 members (excludes halogenated alkanes) is 2. The van der Waals surface area contributed by atoms with E-state index in [9.17, 15) is 8.42 Å². The van der Waals surface area contributed by atoms with Crippen LogP contribution in [0.2, 0.25) is 0 Å². The van der Waals surface area contributed by atoms with Gasteiger partial charge in [0.15, 0.2) is 0 Å². The zero-order chi connectivity index (χ0) is 16.7. The van der Waals surface area contributed by atoms with Crippen LogP contribution in [0.15, 0.2) is 47.4 Å². The SMILES string of the molecule is CCCCCc1ccc(S(=O)(=O)Nc2cccc(CC)n2)cc1. The van der Waals surface area contributed by atoms with Crippen molar-refractivity contribution in [1.82, 2.24) is 4.98 Å². The Morgan fingerprint density at radius 1 is 1.00 bits per heavy atom. The van der Waals surface area contributed by atoms with Gasteiger partial charge in [-0.15, -0.1) is 0 Å². The van der Waals surface area contributed by atoms with Crippen LogP contribution in [0.5, 0.6) is 0 Å². The molecule has 0 radical (unpaired) electrons. The lowest BCUT2D eigenvalue weighted by Gasteiger charge is -2.09. The van der Waals surface area contributed by atoms with Crippen molar-refractivity contribution in [3.05, 3.63) is 53.7 Å². The Labute approximate surface area is 139 Å². The number of anilines is 1. The van der Waals surface area contributed by atoms with E-state index in [-0.39, 0.29) is 4.90 Å². The molecule has 0 fully saturated rings. The van der Waals surface area contributed by atoms with Gasteiger partial charge in [0.25, 0.3) is 10.0 Å². The smallest absolute Gasteiger partial charge is 0.263 e. The van der Waals surface area contributed by atoms with Crippen molar-refractivity contribution in [3.8, 4) is 0 Å². The lowest BCUT2D eigenvalue weighted by molar-refractivity contribution is 0.601. The lowest BCUT2D eigenvalue weighted by atomic mass is 10.1. The van der Waals surface area contributed by atoms with E-state index in [1.807, 2.05) is 25.1 Å². The largest absolute Gasteiger partial charge is 0.263 e. The molecule has 124 valence electrons. The van der Waals surface area contributed by atoms with Crippen molar-refractivity contribution in [2.24, 2.45) is 0 Å². The first-order valence-corrected chi connectivity index (χ1v) is 9.61. The molecule has 0 saturated heterocycles. The van der Waals surface area contributed by atoms with Crippen LogP contribution in [0.3, 0.4) is 0 Å². The van der Waals surface area contributed by atoms with Gasteiger partial charge in [0.2, 0.25) is 0 Å². The van der Waals surface area contributed by atoms with Crippen molar-refractivity contribution in [2.75, 3.05) is 4.72 Å². The molecule has 1 aromatic carbocycles. The molecule has 0 aliphatic carbocycles. The highest BCUT2D eigenvalue weighted by Gasteiger charge is 2.14. The first kappa shape index (κ1) is 17.5. The quantitative estimate of drug-likeness (QED) is 0.738. The number of aryl methyl sites for hydroxylation is 2. The summed E-state index contributed by atoms with van der Waals surface area (Å²) in [5.41, 5.74) is 2.03. The van der Waals surface area contributed by atoms with E-state index in [1.54, 1.807) is 24.3 Å². The lowest BCUT2D eigenvalue weighted by Crippen LogP contribution is -2.14. The van der Waals surface area contributed by atoms with Crippen LogP contribution in [-0.4, -0.2) is 13.4 Å². The van der Waals surface area contributed by atoms with Crippen LogP contribution < -0.4 is 4.72 Å². The molecule has 0 bridgehead atoms. The Morgan fingerprint density at radius 3 is 2.39 bits per heavy atom. The van der Waals surface area contributed by atoms with Gasteiger partial charge < -0.3 is 0 Å². The maximum absolute atomic E-state index is 12.4. The summed E-state index contributed by atoms with van der Waals surface area (Å²) >= 11 is 0. The topological polar surface area (TPSA) is 59.1 Å². The summed E-state index contributed by atoms with van der Waals surface area (Å²) in [6.45, 7) is 4.15. The monoisotopic (exact) mass is 332 g/mol. The van der Waals surface area contributed by atoms with Crippen LogP contribution in [0.4, 0.5) is 5.82 Å². The number of nitrogens with zero attached hydrogens (tertiary/aromatic N) is 1. The predicted octanol–water partition coefficient (Wildman–Crippen LogP) is 4.18. The fourth-order valence-corrected chi connectivity index (χ4v) is 3.35. The van der Waals surface area contributed by atoms with Gasteiger partial charge in [0.1, 0.15) is 5.82 Å². The van der Waals surface area contributed by atoms with Crippen molar-refractivity contribution in [2.45, 2.75) is 50.8 Å². The van der Waals surface area contributed by atoms with Crippen LogP contribution >= 0.6 is 0 Å². The normalized spacial score (nSPS) is 11.4. The minimum Gasteiger partial charge on any atom is -0.263 e. The Bertz CT molecular complexity index is 725. The van der Waals surface area contributed by atoms with E-state index in [1.165, 1.54) is 18.4 Å². The summed E-state index contributed by atoms with van der Waals surface area (Å²) in [7, 11) is -3.59. The molecule has 1 heterocycles. The summed E-state index contributed by atoms with van der Waals surface area (Å²) in [6.07, 6.45) is 5.26. The Hall–Kier alpha value is -1.88. The van der Waals surface area contributed by atoms with E-state index < -0.39 is 10.0 Å². The molecule has 0 atom stereocenters. The highest BCUT2D eigenvalue weighted by atomic mass is 32.2. The van der Waals surface area contributed by atoms with E-state index in [4.69, 9.17) is 0 Å². The molecule has 0 aliphatic heterocycles. The van der Waals surface area contributed by atoms with Gasteiger partial charge >= 0.3 is 0 Å². The second-order valence-corrected chi connectivity index (χ2v) is 7.26. The predicted molar refractivity (Wildman–Crippen MR) is 94.1 cm³/mol. The first-order chi connectivity index (χ1) is 11.0. The molecule has 5 heteroatoms. The van der Waals surface area contributed by atoms with E-state index >= 15 is 0 Å². The average molecular weight is 332 g/mol. The molecule has 4 nitrogen and oxygen atoms in total. The number of sulfonamides is 1. The summed E-state index contributed by atoms with van der Waals surface area (Å²) < 4.78 is 27.4. The van der Waals surface area contributed by atoms with Gasteiger partial charge in [0, 0.05) is 5.69 Å². The van der Waals surface area contributed by atoms with E-state index in [0.717, 1.165) is 25.0 Å². The number of benzene rings is 1. The fraction of sp³-hybridized carbons (Fsp3) is 0.389. The minimum absolute atomic E-state index is 0.264. The minimum atomic E-state index is -3.59. The molecule has 0 aliphatic rings. The Morgan fingerprint density at radius 2 is 1.74 bits per heavy atom. The summed E-state index contributed by atoms with van der Waals surface area (Å²) in [5, 5.41) is 0. The molecule has 2 rings (SSSR count). The summed E-state index contributed by atoms with van der Waals surface area (Å²) in [5.74, 6) is 0.358. The van der Waals surface area contributed by atoms with E-state index in [2.05, 4.69) is 16.6 Å². The summed E-state index contributed by atoms with van der Waals surface area (Å²) in [6, 6.07) is 12.4. The van der Waals surface area contributed by atoms with Gasteiger partial charge in [-0.05, 0) is 49.1 Å². The second-order valence-electron chi connectivity index (χ2n) is 5.57. The van der Waals surface area contributed by atoms with Gasteiger partial charge in [-0.2, -0.15) is 0 Å². The first-order valence-electron chi connectivity index (χ1n) is 8.13. The van der Waals surface area contributed by atoms with Crippen LogP contribution in [0.25, 0.3) is 0 Å². The molecule has 0 unspecified atom stereocenters. The zero-order valence-corrected chi connectivity index (χ0v) is 14.6. The van der Waals surface area contributed by atoms with Crippen molar-refractivity contribution in [3.63, 3.8) is 0 Å². The molecular weight excluding hydrogens is 308 g/mol. The third-order valence-corrected chi connectivity index (χ3v) is 5.08. The second kappa shape index (κ2) is 8.11. The molecule has 0 amide bonds. The number of rotatable bonds is 8. The number of pyridine rings is 1. The summed E-state index contributed by atoms with van der Waals surface area (Å²) in [4.78, 5) is 4.54. The number of hydrogen-bond acceptors (Lipinski definition) is 3. The van der Waals surface area contributed by atoms with Gasteiger partial charge in [-0.1, -0.05) is 44.9 Å². The maximum atomic E-state index is 12.4. The number of hydrogen-bond donors (Lipinski definition) is 1. The Balaban J connectivity index is 2.09. The third-order valence-electron chi connectivity index (χ3n) is 3.71. The van der Waals surface area contributed by atoms with Crippen molar-refractivity contribution < 1.29 is 8.42 Å². The standard InChI is InChI=1S/C18H24N2O2S/c1-3-5-6-8-15-11-13-17(14-12-15)23(21,22)20-18-10-7-9-16(4-2)19-18/h7,9-14H,3-6,8H2,1-2H3,(H,19,20). The van der Waals surface area contributed by atoms with Gasteiger partial charge in [-0.25, -0.2) is 13.4 Å². The van der Waals surface area contributed by atoms with Crippen LogP contribution in [0.1, 0.15) is 44.4 Å². The highest BCUT2D eigenvalue weighted by Crippen LogP contribution is 2.16. The molecular formula is C18H24N2O2S. The fourth-order valence-electron chi connectivity index (χ4n) is 2.34. The molecule has 23 heavy (non-hydrogen) atoms. The molecule has 1 N–H and O–H groups in total. The van der Waals surface area contributed by atoms with Crippen LogP contribution in [-0.2, 0) is 22.9 Å². The third kappa shape index (κ3) is 5.06. The molecule has 0 spiro atoms. The highest BCUT2D eigenvalue weighted by molar-refractivity contribution is 7.92. The van der Waals surface area contributed by atoms with Crippen LogP contribution in [0, 0.1) is 0 Å². The van der Waals surface area contributed by atoms with Gasteiger partial charge in [0.05, 0.1) is 4.90 Å².